The lowest BCUT2D eigenvalue weighted by Crippen LogP contribution is -2.10. The van der Waals surface area contributed by atoms with Crippen LogP contribution in [0.2, 0.25) is 15.1 Å². The van der Waals surface area contributed by atoms with Gasteiger partial charge in [0.05, 0.1) is 15.6 Å². The van der Waals surface area contributed by atoms with Gasteiger partial charge < -0.3 is 14.2 Å². The van der Waals surface area contributed by atoms with Crippen LogP contribution in [0.3, 0.4) is 0 Å². The van der Waals surface area contributed by atoms with Gasteiger partial charge in [0.2, 0.25) is 5.89 Å². The van der Waals surface area contributed by atoms with E-state index < -0.39 is 5.91 Å². The number of aryl methyl sites for hydroxylation is 1. The molecule has 5 aromatic rings. The number of nitrogens with zero attached hydrogens (tertiary/aromatic N) is 1. The van der Waals surface area contributed by atoms with Gasteiger partial charge in [0, 0.05) is 16.3 Å². The molecule has 0 aliphatic rings. The predicted molar refractivity (Wildman–Crippen MR) is 131 cm³/mol. The van der Waals surface area contributed by atoms with E-state index in [4.69, 9.17) is 43.6 Å². The second-order valence-corrected chi connectivity index (χ2v) is 8.68. The van der Waals surface area contributed by atoms with Crippen molar-refractivity contribution in [2.45, 2.75) is 6.92 Å². The van der Waals surface area contributed by atoms with E-state index in [2.05, 4.69) is 10.3 Å². The van der Waals surface area contributed by atoms with Crippen LogP contribution in [0.4, 0.5) is 5.69 Å². The predicted octanol–water partition coefficient (Wildman–Crippen LogP) is 8.28. The second kappa shape index (κ2) is 8.60. The second-order valence-electron chi connectivity index (χ2n) is 7.43. The van der Waals surface area contributed by atoms with Gasteiger partial charge in [-0.05, 0) is 73.2 Å². The Hall–Kier alpha value is -3.25. The van der Waals surface area contributed by atoms with Gasteiger partial charge in [-0.1, -0.05) is 40.9 Å². The number of benzene rings is 3. The molecule has 164 valence electrons. The number of hydrogen-bond acceptors (Lipinski definition) is 4. The van der Waals surface area contributed by atoms with E-state index in [1.807, 2.05) is 25.1 Å². The quantitative estimate of drug-likeness (QED) is 0.271. The molecule has 0 spiro atoms. The van der Waals surface area contributed by atoms with Crippen LogP contribution in [0.1, 0.15) is 16.1 Å². The van der Waals surface area contributed by atoms with E-state index in [9.17, 15) is 4.79 Å². The molecule has 0 unspecified atom stereocenters. The summed E-state index contributed by atoms with van der Waals surface area (Å²) in [6.45, 7) is 1.98. The van der Waals surface area contributed by atoms with Gasteiger partial charge in [-0.3, -0.25) is 4.79 Å². The van der Waals surface area contributed by atoms with Crippen LogP contribution in [0.25, 0.3) is 33.9 Å². The third kappa shape index (κ3) is 4.35. The number of carbonyl (C=O) groups excluding carboxylic acids is 1. The Morgan fingerprint density at radius 2 is 1.70 bits per heavy atom. The zero-order valence-electron chi connectivity index (χ0n) is 17.2. The van der Waals surface area contributed by atoms with Gasteiger partial charge in [0.25, 0.3) is 5.91 Å². The van der Waals surface area contributed by atoms with Crippen molar-refractivity contribution in [1.82, 2.24) is 4.98 Å². The van der Waals surface area contributed by atoms with Crippen molar-refractivity contribution in [3.63, 3.8) is 0 Å². The van der Waals surface area contributed by atoms with Crippen molar-refractivity contribution < 1.29 is 13.6 Å². The first-order chi connectivity index (χ1) is 15.9. The molecule has 0 saturated heterocycles. The number of nitrogens with one attached hydrogen (secondary N) is 1. The molecule has 8 heteroatoms. The highest BCUT2D eigenvalue weighted by Crippen LogP contribution is 2.34. The first-order valence-corrected chi connectivity index (χ1v) is 11.0. The maximum absolute atomic E-state index is 12.8. The van der Waals surface area contributed by atoms with Crippen LogP contribution in [0.15, 0.2) is 75.6 Å². The number of furan rings is 1. The van der Waals surface area contributed by atoms with Crippen molar-refractivity contribution >= 4 is 57.5 Å². The molecule has 2 aromatic heterocycles. The molecule has 0 fully saturated rings. The molecular weight excluding hydrogens is 483 g/mol. The van der Waals surface area contributed by atoms with Gasteiger partial charge in [-0.15, -0.1) is 0 Å². The summed E-state index contributed by atoms with van der Waals surface area (Å²) in [7, 11) is 0. The van der Waals surface area contributed by atoms with Gasteiger partial charge in [-0.25, -0.2) is 4.98 Å². The summed E-state index contributed by atoms with van der Waals surface area (Å²) in [5, 5.41) is 4.21. The average molecular weight is 498 g/mol. The normalized spacial score (nSPS) is 11.2. The van der Waals surface area contributed by atoms with Crippen LogP contribution in [0.5, 0.6) is 0 Å². The Balaban J connectivity index is 1.41. The summed E-state index contributed by atoms with van der Waals surface area (Å²) in [5.41, 5.74) is 4.18. The fourth-order valence-corrected chi connectivity index (χ4v) is 4.10. The number of fused-ring (bicyclic) bond motifs is 1. The zero-order valence-corrected chi connectivity index (χ0v) is 19.4. The Morgan fingerprint density at radius 3 is 2.52 bits per heavy atom. The van der Waals surface area contributed by atoms with Crippen molar-refractivity contribution in [3.8, 4) is 22.8 Å². The minimum absolute atomic E-state index is 0.129. The molecule has 0 atom stereocenters. The van der Waals surface area contributed by atoms with Crippen molar-refractivity contribution in [2.24, 2.45) is 0 Å². The van der Waals surface area contributed by atoms with E-state index >= 15 is 0 Å². The van der Waals surface area contributed by atoms with Gasteiger partial charge in [-0.2, -0.15) is 0 Å². The summed E-state index contributed by atoms with van der Waals surface area (Å²) in [6, 6.07) is 19.1. The highest BCUT2D eigenvalue weighted by atomic mass is 35.5. The smallest absolute Gasteiger partial charge is 0.291 e. The Morgan fingerprint density at radius 1 is 0.848 bits per heavy atom. The van der Waals surface area contributed by atoms with E-state index in [0.29, 0.717) is 49.1 Å². The van der Waals surface area contributed by atoms with Crippen LogP contribution in [0, 0.1) is 6.92 Å². The Kier molecular flexibility index (Phi) is 5.62. The van der Waals surface area contributed by atoms with Gasteiger partial charge in [0.1, 0.15) is 11.3 Å². The maximum Gasteiger partial charge on any atom is 0.291 e. The van der Waals surface area contributed by atoms with E-state index in [0.717, 1.165) is 11.1 Å². The first-order valence-electron chi connectivity index (χ1n) is 9.91. The highest BCUT2D eigenvalue weighted by molar-refractivity contribution is 6.36. The fraction of sp³-hybridized carbons (Fsp3) is 0.0400. The lowest BCUT2D eigenvalue weighted by Gasteiger charge is -2.06. The summed E-state index contributed by atoms with van der Waals surface area (Å²) >= 11 is 18.6. The fourth-order valence-electron chi connectivity index (χ4n) is 3.40. The number of oxazole rings is 1. The largest absolute Gasteiger partial charge is 0.451 e. The topological polar surface area (TPSA) is 68.3 Å². The molecule has 0 radical (unpaired) electrons. The van der Waals surface area contributed by atoms with Crippen molar-refractivity contribution in [1.29, 1.82) is 0 Å². The van der Waals surface area contributed by atoms with Crippen molar-refractivity contribution in [3.05, 3.63) is 93.1 Å². The van der Waals surface area contributed by atoms with Crippen LogP contribution in [-0.2, 0) is 0 Å². The first kappa shape index (κ1) is 21.6. The number of amides is 1. The molecule has 3 aromatic carbocycles. The third-order valence-corrected chi connectivity index (χ3v) is 5.90. The number of halogens is 3. The minimum Gasteiger partial charge on any atom is -0.451 e. The molecule has 0 bridgehead atoms. The molecule has 0 saturated carbocycles. The molecular formula is C25H15Cl3N2O3. The van der Waals surface area contributed by atoms with Gasteiger partial charge >= 0.3 is 0 Å². The molecule has 5 nitrogen and oxygen atoms in total. The standard InChI is InChI=1S/C25H15Cl3N2O3/c1-13-2-7-20-23(10-13)33-25(30-20)17-12-15(4-6-18(17)27)29-24(31)22-9-8-21(32-22)16-5-3-14(26)11-19(16)28/h2-12H,1H3,(H,29,31). The monoisotopic (exact) mass is 496 g/mol. The van der Waals surface area contributed by atoms with Crippen LogP contribution >= 0.6 is 34.8 Å². The van der Waals surface area contributed by atoms with E-state index in [1.54, 1.807) is 48.5 Å². The molecule has 1 amide bonds. The van der Waals surface area contributed by atoms with Crippen LogP contribution in [-0.4, -0.2) is 10.9 Å². The highest BCUT2D eigenvalue weighted by Gasteiger charge is 2.17. The molecule has 33 heavy (non-hydrogen) atoms. The molecule has 0 aliphatic carbocycles. The summed E-state index contributed by atoms with van der Waals surface area (Å²) in [4.78, 5) is 17.3. The molecule has 5 rings (SSSR count). The molecule has 2 heterocycles. The molecule has 1 N–H and O–H groups in total. The van der Waals surface area contributed by atoms with Gasteiger partial charge in [0.15, 0.2) is 11.3 Å². The van der Waals surface area contributed by atoms with E-state index in [-0.39, 0.29) is 5.76 Å². The minimum atomic E-state index is -0.423. The number of hydrogen-bond donors (Lipinski definition) is 1. The number of carbonyl (C=O) groups is 1. The average Bonchev–Trinajstić information content (AvgIpc) is 3.42. The Labute approximate surface area is 203 Å². The lowest BCUT2D eigenvalue weighted by molar-refractivity contribution is 0.0997. The Bertz CT molecular complexity index is 1520. The lowest BCUT2D eigenvalue weighted by atomic mass is 10.2. The maximum atomic E-state index is 12.8. The number of aromatic nitrogens is 1. The summed E-state index contributed by atoms with van der Waals surface area (Å²) < 4.78 is 11.6. The summed E-state index contributed by atoms with van der Waals surface area (Å²) in [6.07, 6.45) is 0. The number of anilines is 1. The van der Waals surface area contributed by atoms with E-state index in [1.165, 1.54) is 0 Å². The third-order valence-electron chi connectivity index (χ3n) is 5.02. The summed E-state index contributed by atoms with van der Waals surface area (Å²) in [5.74, 6) is 0.535. The van der Waals surface area contributed by atoms with Crippen molar-refractivity contribution in [2.75, 3.05) is 5.32 Å². The molecule has 0 aliphatic heterocycles. The van der Waals surface area contributed by atoms with Crippen LogP contribution < -0.4 is 5.32 Å². The SMILES string of the molecule is Cc1ccc2nc(-c3cc(NC(=O)c4ccc(-c5ccc(Cl)cc5Cl)o4)ccc3Cl)oc2c1. The number of rotatable bonds is 4. The zero-order chi connectivity index (χ0) is 23.1.